The Balaban J connectivity index is 2.28. The highest BCUT2D eigenvalue weighted by Crippen LogP contribution is 2.26. The molecule has 90 valence electrons. The van der Waals surface area contributed by atoms with Crippen molar-refractivity contribution < 1.29 is 9.63 Å². The Hall–Kier alpha value is -1.91. The molecule has 0 bridgehead atoms. The fourth-order valence-corrected chi connectivity index (χ4v) is 1.46. The van der Waals surface area contributed by atoms with Gasteiger partial charge >= 0.3 is 0 Å². The molecule has 0 aliphatic carbocycles. The van der Waals surface area contributed by atoms with E-state index in [1.807, 2.05) is 0 Å². The van der Waals surface area contributed by atoms with Gasteiger partial charge < -0.3 is 9.63 Å². The maximum absolute atomic E-state index is 9.62. The van der Waals surface area contributed by atoms with Crippen LogP contribution in [-0.4, -0.2) is 20.2 Å². The van der Waals surface area contributed by atoms with Gasteiger partial charge in [0.15, 0.2) is 11.5 Å². The predicted molar refractivity (Wildman–Crippen MR) is 62.4 cm³/mol. The van der Waals surface area contributed by atoms with Gasteiger partial charge in [0.2, 0.25) is 0 Å². The number of aromatic nitrogens is 3. The highest BCUT2D eigenvalue weighted by Gasteiger charge is 2.18. The summed E-state index contributed by atoms with van der Waals surface area (Å²) >= 11 is 0. The van der Waals surface area contributed by atoms with Crippen molar-refractivity contribution >= 4 is 0 Å². The van der Waals surface area contributed by atoms with E-state index < -0.39 is 0 Å². The van der Waals surface area contributed by atoms with Crippen LogP contribution in [0, 0.1) is 5.41 Å². The van der Waals surface area contributed by atoms with Crippen LogP contribution in [0.5, 0.6) is 5.75 Å². The molecule has 0 amide bonds. The molecule has 0 atom stereocenters. The zero-order chi connectivity index (χ0) is 12.5. The zero-order valence-corrected chi connectivity index (χ0v) is 10.1. The molecule has 5 heteroatoms. The Labute approximate surface area is 99.5 Å². The fourth-order valence-electron chi connectivity index (χ4n) is 1.46. The van der Waals surface area contributed by atoms with Crippen LogP contribution < -0.4 is 0 Å². The van der Waals surface area contributed by atoms with Crippen molar-refractivity contribution in [3.8, 4) is 17.3 Å². The van der Waals surface area contributed by atoms with Gasteiger partial charge in [-0.25, -0.2) is 4.98 Å². The molecule has 2 aromatic rings. The zero-order valence-electron chi connectivity index (χ0n) is 10.1. The van der Waals surface area contributed by atoms with Gasteiger partial charge in [-0.1, -0.05) is 25.9 Å². The number of hydrogen-bond acceptors (Lipinski definition) is 5. The predicted octanol–water partition coefficient (Wildman–Crippen LogP) is 2.43. The van der Waals surface area contributed by atoms with Gasteiger partial charge in [-0.2, -0.15) is 4.98 Å². The van der Waals surface area contributed by atoms with Crippen molar-refractivity contribution in [3.63, 3.8) is 0 Å². The van der Waals surface area contributed by atoms with E-state index in [1.54, 1.807) is 12.3 Å². The summed E-state index contributed by atoms with van der Waals surface area (Å²) in [6, 6.07) is 3.18. The van der Waals surface area contributed by atoms with Gasteiger partial charge in [0.1, 0.15) is 5.75 Å². The quantitative estimate of drug-likeness (QED) is 0.862. The number of aromatic hydroxyl groups is 1. The molecule has 0 fully saturated rings. The third-order valence-corrected chi connectivity index (χ3v) is 2.15. The summed E-state index contributed by atoms with van der Waals surface area (Å²) in [5.74, 6) is 0.915. The lowest BCUT2D eigenvalue weighted by Crippen LogP contribution is -2.10. The topological polar surface area (TPSA) is 72.0 Å². The number of rotatable bonds is 2. The summed E-state index contributed by atoms with van der Waals surface area (Å²) in [7, 11) is 0. The molecule has 5 nitrogen and oxygen atoms in total. The minimum Gasteiger partial charge on any atom is -0.505 e. The monoisotopic (exact) mass is 233 g/mol. The van der Waals surface area contributed by atoms with Crippen LogP contribution >= 0.6 is 0 Å². The molecule has 0 radical (unpaired) electrons. The highest BCUT2D eigenvalue weighted by molar-refractivity contribution is 5.55. The number of pyridine rings is 1. The average Bonchev–Trinajstić information content (AvgIpc) is 2.64. The van der Waals surface area contributed by atoms with Gasteiger partial charge in [0, 0.05) is 12.6 Å². The lowest BCUT2D eigenvalue weighted by Gasteiger charge is -2.14. The molecule has 0 aliphatic rings. The van der Waals surface area contributed by atoms with Crippen LogP contribution in [0.3, 0.4) is 0 Å². The maximum atomic E-state index is 9.62. The Morgan fingerprint density at radius 1 is 1.35 bits per heavy atom. The Bertz CT molecular complexity index is 514. The van der Waals surface area contributed by atoms with Crippen molar-refractivity contribution in [3.05, 3.63) is 24.2 Å². The summed E-state index contributed by atoms with van der Waals surface area (Å²) < 4.78 is 5.09. The normalized spacial score (nSPS) is 11.7. The van der Waals surface area contributed by atoms with Crippen LogP contribution in [0.2, 0.25) is 0 Å². The standard InChI is InChI=1S/C12H15N3O2/c1-12(2,3)7-9-14-11(17-15-9)10-8(16)5-4-6-13-10/h4-6,16H,7H2,1-3H3. The second-order valence-electron chi connectivity index (χ2n) is 5.12. The van der Waals surface area contributed by atoms with Crippen molar-refractivity contribution in [1.82, 2.24) is 15.1 Å². The van der Waals surface area contributed by atoms with Gasteiger partial charge in [-0.15, -0.1) is 0 Å². The van der Waals surface area contributed by atoms with Gasteiger partial charge in [-0.05, 0) is 17.5 Å². The summed E-state index contributed by atoms with van der Waals surface area (Å²) in [5, 5.41) is 13.5. The van der Waals surface area contributed by atoms with Crippen molar-refractivity contribution in [1.29, 1.82) is 0 Å². The molecular formula is C12H15N3O2. The summed E-state index contributed by atoms with van der Waals surface area (Å²) in [6.07, 6.45) is 2.28. The summed E-state index contributed by atoms with van der Waals surface area (Å²) in [6.45, 7) is 6.30. The first kappa shape index (κ1) is 11.6. The molecule has 0 spiro atoms. The summed E-state index contributed by atoms with van der Waals surface area (Å²) in [5.41, 5.74) is 0.410. The number of nitrogens with zero attached hydrogens (tertiary/aromatic N) is 3. The van der Waals surface area contributed by atoms with Crippen LogP contribution in [0.15, 0.2) is 22.9 Å². The number of hydrogen-bond donors (Lipinski definition) is 1. The van der Waals surface area contributed by atoms with E-state index in [1.165, 1.54) is 6.07 Å². The van der Waals surface area contributed by atoms with Crippen LogP contribution in [0.25, 0.3) is 11.6 Å². The second-order valence-corrected chi connectivity index (χ2v) is 5.12. The third-order valence-electron chi connectivity index (χ3n) is 2.15. The van der Waals surface area contributed by atoms with Gasteiger partial charge in [0.25, 0.3) is 5.89 Å². The molecule has 0 aromatic carbocycles. The van der Waals surface area contributed by atoms with Crippen LogP contribution in [-0.2, 0) is 6.42 Å². The molecule has 17 heavy (non-hydrogen) atoms. The second kappa shape index (κ2) is 4.16. The Morgan fingerprint density at radius 2 is 2.12 bits per heavy atom. The SMILES string of the molecule is CC(C)(C)Cc1noc(-c2ncccc2O)n1. The average molecular weight is 233 g/mol. The first-order chi connectivity index (χ1) is 7.96. The van der Waals surface area contributed by atoms with Gasteiger partial charge in [0.05, 0.1) is 0 Å². The van der Waals surface area contributed by atoms with Gasteiger partial charge in [-0.3, -0.25) is 0 Å². The molecule has 1 N–H and O–H groups in total. The van der Waals surface area contributed by atoms with E-state index in [9.17, 15) is 5.11 Å². The molecule has 2 rings (SSSR count). The minimum absolute atomic E-state index is 0.0402. The molecule has 0 saturated carbocycles. The minimum atomic E-state index is 0.0402. The third kappa shape index (κ3) is 2.81. The van der Waals surface area contributed by atoms with Crippen LogP contribution in [0.4, 0.5) is 0 Å². The van der Waals surface area contributed by atoms with E-state index in [0.717, 1.165) is 0 Å². The molecular weight excluding hydrogens is 218 g/mol. The molecule has 2 heterocycles. The smallest absolute Gasteiger partial charge is 0.280 e. The fraction of sp³-hybridized carbons (Fsp3) is 0.417. The van der Waals surface area contributed by atoms with E-state index in [0.29, 0.717) is 17.9 Å². The summed E-state index contributed by atoms with van der Waals surface area (Å²) in [4.78, 5) is 8.24. The van der Waals surface area contributed by atoms with Crippen LogP contribution in [0.1, 0.15) is 26.6 Å². The van der Waals surface area contributed by atoms with E-state index in [4.69, 9.17) is 4.52 Å². The lowest BCUT2D eigenvalue weighted by molar-refractivity contribution is 0.373. The first-order valence-corrected chi connectivity index (χ1v) is 5.43. The molecule has 0 aliphatic heterocycles. The van der Waals surface area contributed by atoms with E-state index >= 15 is 0 Å². The molecule has 2 aromatic heterocycles. The van der Waals surface area contributed by atoms with E-state index in [2.05, 4.69) is 35.9 Å². The lowest BCUT2D eigenvalue weighted by atomic mass is 9.92. The highest BCUT2D eigenvalue weighted by atomic mass is 16.5. The Kier molecular flexibility index (Phi) is 2.83. The molecule has 0 saturated heterocycles. The largest absolute Gasteiger partial charge is 0.505 e. The molecule has 0 unspecified atom stereocenters. The van der Waals surface area contributed by atoms with Crippen molar-refractivity contribution in [2.24, 2.45) is 5.41 Å². The Morgan fingerprint density at radius 3 is 2.76 bits per heavy atom. The van der Waals surface area contributed by atoms with Crippen molar-refractivity contribution in [2.45, 2.75) is 27.2 Å². The van der Waals surface area contributed by atoms with E-state index in [-0.39, 0.29) is 17.1 Å². The maximum Gasteiger partial charge on any atom is 0.280 e. The van der Waals surface area contributed by atoms with Crippen molar-refractivity contribution in [2.75, 3.05) is 0 Å². The first-order valence-electron chi connectivity index (χ1n) is 5.43.